The Morgan fingerprint density at radius 3 is 1.26 bits per heavy atom. The Morgan fingerprint density at radius 1 is 0.588 bits per heavy atom. The van der Waals surface area contributed by atoms with Gasteiger partial charge in [-0.05, 0) is 37.1 Å². The summed E-state index contributed by atoms with van der Waals surface area (Å²) in [5, 5.41) is 4.68. The zero-order valence-corrected chi connectivity index (χ0v) is 20.4. The van der Waals surface area contributed by atoms with Crippen LogP contribution in [0.2, 0.25) is 0 Å². The number of carbonyl (C=O) groups is 2. The molecule has 0 unspecified atom stereocenters. The van der Waals surface area contributed by atoms with E-state index in [9.17, 15) is 38.3 Å². The maximum Gasteiger partial charge on any atom is 0.358 e. The molecule has 0 aliphatic heterocycles. The quantitative estimate of drug-likeness (QED) is 0.175. The van der Waals surface area contributed by atoms with Gasteiger partial charge in [-0.15, -0.1) is 0 Å². The molecule has 186 valence electrons. The third-order valence-corrected chi connectivity index (χ3v) is 7.08. The fourth-order valence-corrected chi connectivity index (χ4v) is 4.82. The number of hydrogen-bond acceptors (Lipinski definition) is 4. The maximum absolute atomic E-state index is 12.1. The van der Waals surface area contributed by atoms with E-state index in [0.717, 1.165) is 25.7 Å². The van der Waals surface area contributed by atoms with Crippen LogP contribution in [0.25, 0.3) is 0 Å². The van der Waals surface area contributed by atoms with E-state index < -0.39 is 15.2 Å². The SMILES string of the molecule is O=C(CCCCCCCCC(=O)Nc1ccccc1P(=O)(O)O)Nc1ccccc1P(=O)(O)O. The van der Waals surface area contributed by atoms with Gasteiger partial charge in [0.1, 0.15) is 0 Å². The molecule has 2 rings (SSSR count). The van der Waals surface area contributed by atoms with Crippen LogP contribution in [-0.4, -0.2) is 31.4 Å². The lowest BCUT2D eigenvalue weighted by molar-refractivity contribution is -0.117. The minimum Gasteiger partial charge on any atom is -0.325 e. The van der Waals surface area contributed by atoms with Gasteiger partial charge < -0.3 is 30.2 Å². The van der Waals surface area contributed by atoms with Crippen molar-refractivity contribution in [2.45, 2.75) is 51.4 Å². The van der Waals surface area contributed by atoms with Gasteiger partial charge in [0.15, 0.2) is 0 Å². The first kappa shape index (κ1) is 27.9. The first-order chi connectivity index (χ1) is 16.0. The summed E-state index contributed by atoms with van der Waals surface area (Å²) >= 11 is 0. The van der Waals surface area contributed by atoms with Crippen LogP contribution in [0, 0.1) is 0 Å². The Bertz CT molecular complexity index is 995. The fourth-order valence-electron chi connectivity index (χ4n) is 3.37. The van der Waals surface area contributed by atoms with Gasteiger partial charge in [-0.25, -0.2) is 0 Å². The zero-order valence-electron chi connectivity index (χ0n) is 18.6. The van der Waals surface area contributed by atoms with Crippen molar-refractivity contribution >= 4 is 49.0 Å². The number of anilines is 2. The van der Waals surface area contributed by atoms with Crippen molar-refractivity contribution in [1.29, 1.82) is 0 Å². The van der Waals surface area contributed by atoms with Crippen LogP contribution >= 0.6 is 15.2 Å². The van der Waals surface area contributed by atoms with E-state index in [2.05, 4.69) is 10.6 Å². The molecule has 0 bridgehead atoms. The van der Waals surface area contributed by atoms with Crippen molar-refractivity contribution in [1.82, 2.24) is 0 Å². The van der Waals surface area contributed by atoms with Crippen LogP contribution in [0.4, 0.5) is 11.4 Å². The zero-order chi connectivity index (χ0) is 25.2. The number of amides is 2. The number of nitrogens with one attached hydrogen (secondary N) is 2. The summed E-state index contributed by atoms with van der Waals surface area (Å²) in [5.41, 5.74) is 0.227. The molecule has 0 saturated heterocycles. The molecule has 0 aromatic heterocycles. The first-order valence-corrected chi connectivity index (χ1v) is 14.1. The second-order valence-electron chi connectivity index (χ2n) is 7.84. The summed E-state index contributed by atoms with van der Waals surface area (Å²) < 4.78 is 23.0. The summed E-state index contributed by atoms with van der Waals surface area (Å²) in [7, 11) is -8.95. The summed E-state index contributed by atoms with van der Waals surface area (Å²) in [6.07, 6.45) is 5.07. The monoisotopic (exact) mass is 512 g/mol. The Morgan fingerprint density at radius 2 is 0.912 bits per heavy atom. The van der Waals surface area contributed by atoms with Gasteiger partial charge in [0.25, 0.3) is 0 Å². The summed E-state index contributed by atoms with van der Waals surface area (Å²) in [6.45, 7) is 0. The molecule has 0 atom stereocenters. The highest BCUT2D eigenvalue weighted by atomic mass is 31.2. The maximum atomic E-state index is 12.1. The molecule has 10 nitrogen and oxygen atoms in total. The highest BCUT2D eigenvalue weighted by Crippen LogP contribution is 2.37. The molecule has 2 amide bonds. The van der Waals surface area contributed by atoms with Gasteiger partial charge in [-0.2, -0.15) is 0 Å². The second-order valence-corrected chi connectivity index (χ2v) is 11.0. The average molecular weight is 512 g/mol. The van der Waals surface area contributed by atoms with Crippen molar-refractivity contribution < 1.29 is 38.3 Å². The molecule has 12 heteroatoms. The molecule has 0 aliphatic carbocycles. The van der Waals surface area contributed by atoms with E-state index in [1.165, 1.54) is 36.4 Å². The van der Waals surface area contributed by atoms with E-state index in [1.54, 1.807) is 12.1 Å². The van der Waals surface area contributed by atoms with E-state index in [4.69, 9.17) is 0 Å². The van der Waals surface area contributed by atoms with Crippen LogP contribution < -0.4 is 21.2 Å². The topological polar surface area (TPSA) is 173 Å². The molecule has 2 aromatic carbocycles. The summed E-state index contributed by atoms with van der Waals surface area (Å²) in [5.74, 6) is -0.624. The van der Waals surface area contributed by atoms with Gasteiger partial charge in [-0.1, -0.05) is 49.9 Å². The van der Waals surface area contributed by atoms with Crippen molar-refractivity contribution in [3.63, 3.8) is 0 Å². The van der Waals surface area contributed by atoms with E-state index >= 15 is 0 Å². The minimum atomic E-state index is -4.47. The van der Waals surface area contributed by atoms with Crippen molar-refractivity contribution in [3.05, 3.63) is 48.5 Å². The summed E-state index contributed by atoms with van der Waals surface area (Å²) in [6, 6.07) is 11.6. The van der Waals surface area contributed by atoms with Gasteiger partial charge in [-0.3, -0.25) is 18.7 Å². The van der Waals surface area contributed by atoms with Crippen molar-refractivity contribution in [2.75, 3.05) is 10.6 Å². The number of hydrogen-bond donors (Lipinski definition) is 6. The van der Waals surface area contributed by atoms with Crippen LogP contribution in [0.5, 0.6) is 0 Å². The Hall–Kier alpha value is -2.32. The molecule has 2 aromatic rings. The Balaban J connectivity index is 1.61. The number of rotatable bonds is 13. The second kappa shape index (κ2) is 13.0. The lowest BCUT2D eigenvalue weighted by Crippen LogP contribution is -2.18. The molecule has 0 aliphatic rings. The smallest absolute Gasteiger partial charge is 0.325 e. The van der Waals surface area contributed by atoms with Gasteiger partial charge >= 0.3 is 15.2 Å². The number of unbranched alkanes of at least 4 members (excludes halogenated alkanes) is 5. The molecule has 0 radical (unpaired) electrons. The summed E-state index contributed by atoms with van der Waals surface area (Å²) in [4.78, 5) is 61.6. The third kappa shape index (κ3) is 9.50. The number of carbonyl (C=O) groups excluding carboxylic acids is 2. The average Bonchev–Trinajstić information content (AvgIpc) is 2.75. The van der Waals surface area contributed by atoms with Gasteiger partial charge in [0.2, 0.25) is 11.8 Å². The molecule has 0 heterocycles. The predicted octanol–water partition coefficient (Wildman–Crippen LogP) is 2.99. The van der Waals surface area contributed by atoms with Crippen LogP contribution in [0.15, 0.2) is 48.5 Å². The predicted molar refractivity (Wildman–Crippen MR) is 130 cm³/mol. The molecule has 6 N–H and O–H groups in total. The lowest BCUT2D eigenvalue weighted by atomic mass is 10.1. The minimum absolute atomic E-state index is 0.113. The Labute approximate surface area is 198 Å². The van der Waals surface area contributed by atoms with Crippen LogP contribution in [0.3, 0.4) is 0 Å². The molecule has 0 fully saturated rings. The first-order valence-electron chi connectivity index (χ1n) is 10.9. The van der Waals surface area contributed by atoms with E-state index in [0.29, 0.717) is 12.8 Å². The lowest BCUT2D eigenvalue weighted by Gasteiger charge is -2.12. The van der Waals surface area contributed by atoms with E-state index in [1.807, 2.05) is 0 Å². The number of para-hydroxylation sites is 2. The molecular weight excluding hydrogens is 482 g/mol. The third-order valence-electron chi connectivity index (χ3n) is 5.04. The van der Waals surface area contributed by atoms with E-state index in [-0.39, 0.29) is 46.6 Å². The largest absolute Gasteiger partial charge is 0.358 e. The molecule has 0 spiro atoms. The molecule has 34 heavy (non-hydrogen) atoms. The standard InChI is InChI=1S/C22H30N2O8P2/c25-21(23-17-11-7-9-13-19(17)33(27,28)29)15-5-3-1-2-4-6-16-22(26)24-18-12-8-10-14-20(18)34(30,31)32/h7-14H,1-6,15-16H2,(H,23,25)(H,24,26)(H2,27,28,29)(H2,30,31,32). The fraction of sp³-hybridized carbons (Fsp3) is 0.364. The molecule has 0 saturated carbocycles. The highest BCUT2D eigenvalue weighted by Gasteiger charge is 2.22. The normalized spacial score (nSPS) is 11.8. The molecular formula is C22H30N2O8P2. The Kier molecular flexibility index (Phi) is 10.6. The van der Waals surface area contributed by atoms with Gasteiger partial charge in [0.05, 0.1) is 22.0 Å². The highest BCUT2D eigenvalue weighted by molar-refractivity contribution is 7.61. The van der Waals surface area contributed by atoms with Crippen LogP contribution in [0.1, 0.15) is 51.4 Å². The van der Waals surface area contributed by atoms with Gasteiger partial charge in [0, 0.05) is 12.8 Å². The number of benzene rings is 2. The van der Waals surface area contributed by atoms with Crippen molar-refractivity contribution in [3.8, 4) is 0 Å². The van der Waals surface area contributed by atoms with Crippen molar-refractivity contribution in [2.24, 2.45) is 0 Å². The van der Waals surface area contributed by atoms with Crippen LogP contribution in [-0.2, 0) is 18.7 Å².